The number of nitrogens with zero attached hydrogens (tertiary/aromatic N) is 2. The van der Waals surface area contributed by atoms with Gasteiger partial charge in [0.05, 0.1) is 6.54 Å². The van der Waals surface area contributed by atoms with Crippen LogP contribution in [0.5, 0.6) is 0 Å². The van der Waals surface area contributed by atoms with Crippen LogP contribution in [0.4, 0.5) is 5.69 Å². The highest BCUT2D eigenvalue weighted by Crippen LogP contribution is 2.21. The minimum absolute atomic E-state index is 0.181. The first-order valence-corrected chi connectivity index (χ1v) is 10.8. The van der Waals surface area contributed by atoms with Gasteiger partial charge in [-0.1, -0.05) is 42.0 Å². The Balaban J connectivity index is 1.69. The number of anilines is 1. The summed E-state index contributed by atoms with van der Waals surface area (Å²) in [4.78, 5) is 12.5. The lowest BCUT2D eigenvalue weighted by Gasteiger charge is -2.34. The number of amides is 1. The van der Waals surface area contributed by atoms with Crippen LogP contribution in [0.1, 0.15) is 28.7 Å². The lowest BCUT2D eigenvalue weighted by molar-refractivity contribution is -0.116. The number of benzene rings is 2. The molecule has 0 unspecified atom stereocenters. The van der Waals surface area contributed by atoms with Gasteiger partial charge in [0.15, 0.2) is 0 Å². The molecule has 0 atom stereocenters. The zero-order valence-corrected chi connectivity index (χ0v) is 17.4. The van der Waals surface area contributed by atoms with Crippen LogP contribution in [0.15, 0.2) is 42.5 Å². The van der Waals surface area contributed by atoms with Gasteiger partial charge in [-0.2, -0.15) is 17.0 Å². The standard InChI is InChI=1S/C21H27N3O3S/c1-16-6-4-7-19(12-16)14-23-10-5-11-24(28(23,26)27)15-21(25)22-20-13-17(2)8-9-18(20)3/h4,6-9,12-13H,5,10-11,14-15H2,1-3H3,(H,22,25). The van der Waals surface area contributed by atoms with Crippen LogP contribution in [-0.4, -0.2) is 42.6 Å². The molecule has 1 fully saturated rings. The Morgan fingerprint density at radius 3 is 2.46 bits per heavy atom. The van der Waals surface area contributed by atoms with Crippen molar-refractivity contribution in [2.75, 3.05) is 25.0 Å². The summed E-state index contributed by atoms with van der Waals surface area (Å²) in [7, 11) is -3.68. The van der Waals surface area contributed by atoms with Crippen molar-refractivity contribution in [1.82, 2.24) is 8.61 Å². The van der Waals surface area contributed by atoms with E-state index < -0.39 is 10.2 Å². The molecule has 6 nitrogen and oxygen atoms in total. The fraction of sp³-hybridized carbons (Fsp3) is 0.381. The van der Waals surface area contributed by atoms with Crippen LogP contribution in [0, 0.1) is 20.8 Å². The number of aryl methyl sites for hydroxylation is 3. The third-order valence-electron chi connectivity index (χ3n) is 4.90. The maximum Gasteiger partial charge on any atom is 0.282 e. The summed E-state index contributed by atoms with van der Waals surface area (Å²) in [6.45, 7) is 6.80. The molecule has 150 valence electrons. The van der Waals surface area contributed by atoms with E-state index in [1.165, 1.54) is 8.61 Å². The van der Waals surface area contributed by atoms with Crippen LogP contribution in [0.3, 0.4) is 0 Å². The van der Waals surface area contributed by atoms with Crippen molar-refractivity contribution in [3.8, 4) is 0 Å². The van der Waals surface area contributed by atoms with Gasteiger partial charge in [0.25, 0.3) is 10.2 Å². The van der Waals surface area contributed by atoms with Gasteiger partial charge >= 0.3 is 0 Å². The summed E-state index contributed by atoms with van der Waals surface area (Å²) >= 11 is 0. The van der Waals surface area contributed by atoms with Gasteiger partial charge in [0, 0.05) is 25.3 Å². The lowest BCUT2D eigenvalue weighted by atomic mass is 10.1. The zero-order valence-electron chi connectivity index (χ0n) is 16.6. The fourth-order valence-corrected chi connectivity index (χ4v) is 5.01. The lowest BCUT2D eigenvalue weighted by Crippen LogP contribution is -2.51. The minimum Gasteiger partial charge on any atom is -0.325 e. The van der Waals surface area contributed by atoms with Gasteiger partial charge in [-0.25, -0.2) is 0 Å². The predicted molar refractivity (Wildman–Crippen MR) is 111 cm³/mol. The summed E-state index contributed by atoms with van der Waals surface area (Å²) in [6.07, 6.45) is 0.696. The van der Waals surface area contributed by atoms with Gasteiger partial charge in [-0.15, -0.1) is 0 Å². The molecule has 0 aliphatic carbocycles. The van der Waals surface area contributed by atoms with Crippen LogP contribution >= 0.6 is 0 Å². The molecule has 1 amide bonds. The molecule has 1 aliphatic heterocycles. The summed E-state index contributed by atoms with van der Waals surface area (Å²) in [6, 6.07) is 13.6. The molecule has 3 rings (SSSR count). The maximum absolute atomic E-state index is 13.0. The molecule has 1 N–H and O–H groups in total. The molecule has 0 aromatic heterocycles. The molecule has 0 bridgehead atoms. The van der Waals surface area contributed by atoms with Gasteiger partial charge in [-0.3, -0.25) is 4.79 Å². The highest BCUT2D eigenvalue weighted by molar-refractivity contribution is 7.86. The first-order chi connectivity index (χ1) is 13.3. The summed E-state index contributed by atoms with van der Waals surface area (Å²) in [5.41, 5.74) is 4.75. The van der Waals surface area contributed by atoms with E-state index in [0.29, 0.717) is 26.1 Å². The predicted octanol–water partition coefficient (Wildman–Crippen LogP) is 3.00. The number of nitrogens with one attached hydrogen (secondary N) is 1. The van der Waals surface area contributed by atoms with E-state index in [-0.39, 0.29) is 12.5 Å². The molecule has 28 heavy (non-hydrogen) atoms. The van der Waals surface area contributed by atoms with E-state index in [1.807, 2.05) is 63.2 Å². The van der Waals surface area contributed by atoms with E-state index in [9.17, 15) is 13.2 Å². The molecule has 1 aliphatic rings. The average molecular weight is 402 g/mol. The molecule has 0 saturated carbocycles. The summed E-state index contributed by atoms with van der Waals surface area (Å²) in [5.74, 6) is -0.324. The van der Waals surface area contributed by atoms with Crippen molar-refractivity contribution in [3.05, 3.63) is 64.7 Å². The summed E-state index contributed by atoms with van der Waals surface area (Å²) < 4.78 is 28.7. The van der Waals surface area contributed by atoms with Crippen LogP contribution in [-0.2, 0) is 21.5 Å². The highest BCUT2D eigenvalue weighted by Gasteiger charge is 2.34. The quantitative estimate of drug-likeness (QED) is 0.837. The number of rotatable bonds is 5. The molecule has 1 heterocycles. The Bertz CT molecular complexity index is 973. The SMILES string of the molecule is Cc1cccc(CN2CCCN(CC(=O)Nc3cc(C)ccc3C)S2(=O)=O)c1. The van der Waals surface area contributed by atoms with E-state index in [4.69, 9.17) is 0 Å². The van der Waals surface area contributed by atoms with E-state index in [1.54, 1.807) is 0 Å². The topological polar surface area (TPSA) is 69.7 Å². The maximum atomic E-state index is 13.0. The molecule has 1 saturated heterocycles. The minimum atomic E-state index is -3.68. The van der Waals surface area contributed by atoms with Crippen LogP contribution in [0.2, 0.25) is 0 Å². The normalized spacial score (nSPS) is 17.4. The Labute approximate surface area is 167 Å². The molecule has 2 aromatic carbocycles. The number of hydrogen-bond acceptors (Lipinski definition) is 3. The van der Waals surface area contributed by atoms with Crippen molar-refractivity contribution < 1.29 is 13.2 Å². The van der Waals surface area contributed by atoms with Crippen molar-refractivity contribution in [2.24, 2.45) is 0 Å². The van der Waals surface area contributed by atoms with E-state index in [2.05, 4.69) is 5.32 Å². The zero-order chi connectivity index (χ0) is 20.3. The first-order valence-electron chi connectivity index (χ1n) is 9.43. The number of hydrogen-bond donors (Lipinski definition) is 1. The second-order valence-electron chi connectivity index (χ2n) is 7.38. The summed E-state index contributed by atoms with van der Waals surface area (Å²) in [5, 5.41) is 2.84. The Kier molecular flexibility index (Phi) is 6.17. The molecule has 0 radical (unpaired) electrons. The van der Waals surface area contributed by atoms with Gasteiger partial charge in [-0.05, 0) is 49.9 Å². The highest BCUT2D eigenvalue weighted by atomic mass is 32.2. The number of carbonyl (C=O) groups is 1. The Morgan fingerprint density at radius 1 is 1.00 bits per heavy atom. The molecule has 2 aromatic rings. The first kappa shape index (κ1) is 20.5. The molecular weight excluding hydrogens is 374 g/mol. The number of carbonyl (C=O) groups excluding carboxylic acids is 1. The molecular formula is C21H27N3O3S. The molecule has 0 spiro atoms. The largest absolute Gasteiger partial charge is 0.325 e. The third kappa shape index (κ3) is 4.79. The second kappa shape index (κ2) is 8.43. The van der Waals surface area contributed by atoms with Crippen molar-refractivity contribution in [3.63, 3.8) is 0 Å². The third-order valence-corrected chi connectivity index (χ3v) is 6.82. The fourth-order valence-electron chi connectivity index (χ4n) is 3.37. The van der Waals surface area contributed by atoms with E-state index >= 15 is 0 Å². The van der Waals surface area contributed by atoms with E-state index in [0.717, 1.165) is 27.9 Å². The van der Waals surface area contributed by atoms with Crippen LogP contribution < -0.4 is 5.32 Å². The smallest absolute Gasteiger partial charge is 0.282 e. The average Bonchev–Trinajstić information content (AvgIpc) is 2.62. The van der Waals surface area contributed by atoms with Gasteiger partial charge in [0.2, 0.25) is 5.91 Å². The van der Waals surface area contributed by atoms with Crippen molar-refractivity contribution in [2.45, 2.75) is 33.7 Å². The Morgan fingerprint density at radius 2 is 1.71 bits per heavy atom. The second-order valence-corrected chi connectivity index (χ2v) is 9.31. The Hall–Kier alpha value is -2.22. The van der Waals surface area contributed by atoms with Crippen molar-refractivity contribution >= 4 is 21.8 Å². The van der Waals surface area contributed by atoms with Gasteiger partial charge in [0.1, 0.15) is 0 Å². The van der Waals surface area contributed by atoms with Gasteiger partial charge < -0.3 is 5.32 Å². The monoisotopic (exact) mass is 401 g/mol. The molecule has 7 heteroatoms. The van der Waals surface area contributed by atoms with Crippen LogP contribution in [0.25, 0.3) is 0 Å². The van der Waals surface area contributed by atoms with Crippen molar-refractivity contribution in [1.29, 1.82) is 0 Å².